The summed E-state index contributed by atoms with van der Waals surface area (Å²) in [4.78, 5) is 31.9. The Morgan fingerprint density at radius 2 is 1.97 bits per heavy atom. The van der Waals surface area contributed by atoms with E-state index in [0.29, 0.717) is 12.5 Å². The van der Waals surface area contributed by atoms with Gasteiger partial charge in [-0.05, 0) is 37.0 Å². The fourth-order valence-electron chi connectivity index (χ4n) is 3.44. The van der Waals surface area contributed by atoms with Gasteiger partial charge in [-0.1, -0.05) is 0 Å². The Morgan fingerprint density at radius 1 is 1.26 bits per heavy atom. The van der Waals surface area contributed by atoms with Crippen LogP contribution in [0.4, 0.5) is 19.1 Å². The molecule has 31 heavy (non-hydrogen) atoms. The van der Waals surface area contributed by atoms with Crippen LogP contribution in [0.15, 0.2) is 41.3 Å². The third-order valence-electron chi connectivity index (χ3n) is 4.94. The van der Waals surface area contributed by atoms with Crippen LogP contribution in [0.2, 0.25) is 0 Å². The number of alkyl halides is 3. The van der Waals surface area contributed by atoms with Crippen LogP contribution < -0.4 is 10.2 Å². The lowest BCUT2D eigenvalue weighted by molar-refractivity contribution is -0.192. The number of aromatic nitrogens is 2. The van der Waals surface area contributed by atoms with Crippen molar-refractivity contribution in [2.75, 3.05) is 18.0 Å². The molecular formula is C19H21F3N4O5. The molecule has 2 N–H and O–H groups in total. The van der Waals surface area contributed by atoms with Crippen LogP contribution >= 0.6 is 0 Å². The maximum Gasteiger partial charge on any atom is 0.490 e. The van der Waals surface area contributed by atoms with Gasteiger partial charge in [0, 0.05) is 25.5 Å². The second kappa shape index (κ2) is 9.77. The third-order valence-corrected chi connectivity index (χ3v) is 4.94. The molecule has 9 nitrogen and oxygen atoms in total. The molecule has 2 saturated heterocycles. The van der Waals surface area contributed by atoms with Gasteiger partial charge >= 0.3 is 12.1 Å². The van der Waals surface area contributed by atoms with Crippen LogP contribution in [0.1, 0.15) is 18.6 Å². The van der Waals surface area contributed by atoms with Gasteiger partial charge in [0.25, 0.3) is 0 Å². The van der Waals surface area contributed by atoms with E-state index in [0.717, 1.165) is 37.6 Å². The van der Waals surface area contributed by atoms with Crippen LogP contribution in [0, 0.1) is 5.92 Å². The summed E-state index contributed by atoms with van der Waals surface area (Å²) in [5, 5.41) is 10.0. The highest BCUT2D eigenvalue weighted by Gasteiger charge is 2.42. The molecule has 0 unspecified atom stereocenters. The molecule has 4 heterocycles. The highest BCUT2D eigenvalue weighted by molar-refractivity contribution is 5.81. The highest BCUT2D eigenvalue weighted by Crippen LogP contribution is 2.34. The van der Waals surface area contributed by atoms with E-state index in [-0.39, 0.29) is 18.1 Å². The minimum absolute atomic E-state index is 0.0573. The number of furan rings is 1. The number of piperidine rings is 1. The monoisotopic (exact) mass is 442 g/mol. The zero-order valence-corrected chi connectivity index (χ0v) is 16.3. The van der Waals surface area contributed by atoms with Gasteiger partial charge in [0.05, 0.1) is 18.9 Å². The molecule has 3 atom stereocenters. The predicted octanol–water partition coefficient (Wildman–Crippen LogP) is 2.00. The van der Waals surface area contributed by atoms with Gasteiger partial charge in [0.15, 0.2) is 0 Å². The molecule has 0 spiro atoms. The summed E-state index contributed by atoms with van der Waals surface area (Å²) < 4.78 is 43.0. The van der Waals surface area contributed by atoms with E-state index >= 15 is 0 Å². The lowest BCUT2D eigenvalue weighted by atomic mass is 9.92. The Bertz CT molecular complexity index is 863. The van der Waals surface area contributed by atoms with Crippen LogP contribution in [-0.2, 0) is 20.9 Å². The first-order chi connectivity index (χ1) is 14.7. The average molecular weight is 442 g/mol. The molecule has 4 rings (SSSR count). The normalized spacial score (nSPS) is 22.8. The van der Waals surface area contributed by atoms with Gasteiger partial charge in [0.2, 0.25) is 11.9 Å². The minimum atomic E-state index is -5.08. The molecule has 1 amide bonds. The molecule has 0 aromatic carbocycles. The smallest absolute Gasteiger partial charge is 0.475 e. The number of carboxylic acids is 1. The molecule has 2 aliphatic heterocycles. The van der Waals surface area contributed by atoms with E-state index in [1.165, 1.54) is 0 Å². The minimum Gasteiger partial charge on any atom is -0.475 e. The van der Waals surface area contributed by atoms with Gasteiger partial charge in [0.1, 0.15) is 11.9 Å². The zero-order valence-electron chi connectivity index (χ0n) is 16.3. The molecule has 0 saturated carbocycles. The fraction of sp³-hybridized carbons (Fsp3) is 0.474. The van der Waals surface area contributed by atoms with E-state index in [1.54, 1.807) is 18.7 Å². The molecular weight excluding hydrogens is 421 g/mol. The van der Waals surface area contributed by atoms with Gasteiger partial charge in [-0.15, -0.1) is 0 Å². The molecule has 12 heteroatoms. The predicted molar refractivity (Wildman–Crippen MR) is 99.9 cm³/mol. The standard InChI is InChI=1S/C17H20N4O3.C2HF3O2/c22-16(20-10-13-3-1-8-23-13)14-9-12-4-7-21(11-15(12)24-14)17-18-5-2-6-19-17;3-2(4,5)1(6)7/h1-3,5-6,8,12,14-15H,4,7,9-11H2,(H,20,22);(H,6,7)/t12-,14+,15-;/m0./s1. The van der Waals surface area contributed by atoms with E-state index < -0.39 is 12.1 Å². The number of rotatable bonds is 4. The van der Waals surface area contributed by atoms with E-state index in [4.69, 9.17) is 19.1 Å². The first-order valence-electron chi connectivity index (χ1n) is 9.51. The topological polar surface area (TPSA) is 118 Å². The molecule has 0 aliphatic carbocycles. The van der Waals surface area contributed by atoms with Crippen molar-refractivity contribution >= 4 is 17.8 Å². The summed E-state index contributed by atoms with van der Waals surface area (Å²) >= 11 is 0. The molecule has 2 aromatic rings. The Morgan fingerprint density at radius 3 is 2.58 bits per heavy atom. The van der Waals surface area contributed by atoms with Gasteiger partial charge in [-0.3, -0.25) is 4.79 Å². The first-order valence-corrected chi connectivity index (χ1v) is 9.51. The number of carboxylic acid groups (broad SMARTS) is 1. The quantitative estimate of drug-likeness (QED) is 0.739. The van der Waals surface area contributed by atoms with E-state index in [2.05, 4.69) is 20.2 Å². The van der Waals surface area contributed by atoms with Crippen LogP contribution in [0.25, 0.3) is 0 Å². The highest BCUT2D eigenvalue weighted by atomic mass is 19.4. The van der Waals surface area contributed by atoms with Gasteiger partial charge < -0.3 is 24.5 Å². The van der Waals surface area contributed by atoms with Crippen molar-refractivity contribution in [3.63, 3.8) is 0 Å². The number of hydrogen-bond donors (Lipinski definition) is 2. The second-order valence-corrected chi connectivity index (χ2v) is 7.04. The zero-order chi connectivity index (χ0) is 22.4. The number of nitrogens with one attached hydrogen (secondary N) is 1. The first kappa shape index (κ1) is 22.5. The molecule has 0 radical (unpaired) electrons. The SMILES string of the molecule is O=C(NCc1ccco1)[C@H]1C[C@@H]2CCN(c3ncccn3)C[C@@H]2O1.O=C(O)C(F)(F)F. The summed E-state index contributed by atoms with van der Waals surface area (Å²) in [6.45, 7) is 2.02. The van der Waals surface area contributed by atoms with Crippen molar-refractivity contribution < 1.29 is 37.0 Å². The number of nitrogens with zero attached hydrogens (tertiary/aromatic N) is 3. The maximum absolute atomic E-state index is 12.3. The third kappa shape index (κ3) is 6.17. The second-order valence-electron chi connectivity index (χ2n) is 7.04. The number of halogens is 3. The van der Waals surface area contributed by atoms with Gasteiger partial charge in [-0.2, -0.15) is 13.2 Å². The lowest BCUT2D eigenvalue weighted by Crippen LogP contribution is -2.43. The van der Waals surface area contributed by atoms with Crippen molar-refractivity contribution in [1.82, 2.24) is 15.3 Å². The van der Waals surface area contributed by atoms with Crippen LogP contribution in [0.5, 0.6) is 0 Å². The average Bonchev–Trinajstić information content (AvgIpc) is 3.41. The molecule has 2 aromatic heterocycles. The van der Waals surface area contributed by atoms with Crippen molar-refractivity contribution in [2.24, 2.45) is 5.92 Å². The summed E-state index contributed by atoms with van der Waals surface area (Å²) in [7, 11) is 0. The maximum atomic E-state index is 12.3. The number of aliphatic carboxylic acids is 1. The number of carbonyl (C=O) groups is 2. The summed E-state index contributed by atoms with van der Waals surface area (Å²) in [6.07, 6.45) is 1.45. The molecule has 168 valence electrons. The largest absolute Gasteiger partial charge is 0.490 e. The number of amides is 1. The van der Waals surface area contributed by atoms with Crippen molar-refractivity contribution in [1.29, 1.82) is 0 Å². The van der Waals surface area contributed by atoms with E-state index in [9.17, 15) is 18.0 Å². The summed E-state index contributed by atoms with van der Waals surface area (Å²) in [5.41, 5.74) is 0. The Balaban J connectivity index is 0.000000339. The van der Waals surface area contributed by atoms with Crippen molar-refractivity contribution in [3.05, 3.63) is 42.6 Å². The number of ether oxygens (including phenoxy) is 1. The summed E-state index contributed by atoms with van der Waals surface area (Å²) in [5.74, 6) is -0.934. The molecule has 0 bridgehead atoms. The van der Waals surface area contributed by atoms with Crippen molar-refractivity contribution in [3.8, 4) is 0 Å². The van der Waals surface area contributed by atoms with Gasteiger partial charge in [-0.25, -0.2) is 14.8 Å². The fourth-order valence-corrected chi connectivity index (χ4v) is 3.44. The summed E-state index contributed by atoms with van der Waals surface area (Å²) in [6, 6.07) is 5.46. The Labute approximate surface area is 175 Å². The number of anilines is 1. The van der Waals surface area contributed by atoms with Crippen molar-refractivity contribution in [2.45, 2.75) is 37.8 Å². The molecule has 2 fully saturated rings. The Kier molecular flexibility index (Phi) is 7.10. The lowest BCUT2D eigenvalue weighted by Gasteiger charge is -2.33. The molecule has 2 aliphatic rings. The number of carbonyl (C=O) groups excluding carboxylic acids is 1. The van der Waals surface area contributed by atoms with Crippen LogP contribution in [-0.4, -0.2) is 58.4 Å². The number of hydrogen-bond acceptors (Lipinski definition) is 7. The Hall–Kier alpha value is -3.15. The van der Waals surface area contributed by atoms with E-state index in [1.807, 2.05) is 18.2 Å². The number of fused-ring (bicyclic) bond motifs is 1. The van der Waals surface area contributed by atoms with Crippen LogP contribution in [0.3, 0.4) is 0 Å².